The van der Waals surface area contributed by atoms with Gasteiger partial charge in [0.25, 0.3) is 0 Å². The second-order valence-corrected chi connectivity index (χ2v) is 16.6. The van der Waals surface area contributed by atoms with Crippen molar-refractivity contribution in [3.63, 3.8) is 0 Å². The second kappa shape index (κ2) is 27.2. The van der Waals surface area contributed by atoms with Crippen LogP contribution in [0.5, 0.6) is 0 Å². The average Bonchev–Trinajstić information content (AvgIpc) is 2.87. The van der Waals surface area contributed by atoms with Crippen molar-refractivity contribution < 1.29 is 4.57 Å². The fraction of sp³-hybridized carbons (Fsp3) is 0.800. The molecule has 0 aliphatic rings. The van der Waals surface area contributed by atoms with Crippen LogP contribution in [0.15, 0.2) is 24.3 Å². The third kappa shape index (κ3) is 22.6. The number of halogens is 1. The maximum absolute atomic E-state index is 13.7. The van der Waals surface area contributed by atoms with Gasteiger partial charge in [0.15, 0.2) is 11.8 Å². The molecule has 0 bridgehead atoms. The highest BCUT2D eigenvalue weighted by Crippen LogP contribution is 2.48. The van der Waals surface area contributed by atoms with Crippen LogP contribution in [0.1, 0.15) is 135 Å². The van der Waals surface area contributed by atoms with Crippen molar-refractivity contribution in [1.82, 2.24) is 0 Å². The Bertz CT molecular complexity index is 652. The highest BCUT2D eigenvalue weighted by Gasteiger charge is 2.20. The van der Waals surface area contributed by atoms with Gasteiger partial charge >= 0.3 is 0 Å². The first-order chi connectivity index (χ1) is 17.5. The van der Waals surface area contributed by atoms with Crippen molar-refractivity contribution in [2.45, 2.75) is 136 Å². The number of hydrogen-bond acceptors (Lipinski definition) is 2. The number of rotatable bonds is 23. The highest BCUT2D eigenvalue weighted by atomic mass is 35.5. The molecule has 210 valence electrons. The van der Waals surface area contributed by atoms with E-state index in [0.29, 0.717) is 6.56 Å². The lowest BCUT2D eigenvalue weighted by Crippen LogP contribution is -2.02. The van der Waals surface area contributed by atoms with Gasteiger partial charge in [-0.05, 0) is 43.7 Å². The molecular weight excluding hydrogens is 538 g/mol. The highest BCUT2D eigenvalue weighted by molar-refractivity contribution is 8.49. The maximum Gasteiger partial charge on any atom is 0.227 e. The van der Waals surface area contributed by atoms with Crippen LogP contribution in [0.25, 0.3) is 0 Å². The molecule has 1 aromatic carbocycles. The zero-order chi connectivity index (χ0) is 26.7. The predicted molar refractivity (Wildman–Crippen MR) is 176 cm³/mol. The summed E-state index contributed by atoms with van der Waals surface area (Å²) < 4.78 is 13.7. The normalized spacial score (nSPS) is 11.4. The minimum absolute atomic E-state index is 0.361. The number of unbranched alkanes of at least 4 members (excludes halogenated alkanes) is 15. The minimum Gasteiger partial charge on any atom is -0.324 e. The van der Waals surface area contributed by atoms with Crippen molar-refractivity contribution in [2.75, 3.05) is 18.5 Å². The molecule has 0 radical (unpaired) electrons. The molecular formula is C30H56ClOP2S2+. The van der Waals surface area contributed by atoms with E-state index in [9.17, 15) is 4.57 Å². The summed E-state index contributed by atoms with van der Waals surface area (Å²) in [6.07, 6.45) is 27.3. The SMILES string of the molecule is CCCCCCCCP(=O)(CCCCCCCC)CCCCCCCCc1ccccc1Cl.S=[PH+]S. The zero-order valence-corrected chi connectivity index (χ0v) is 27.8. The van der Waals surface area contributed by atoms with Crippen LogP contribution in [-0.4, -0.2) is 18.5 Å². The van der Waals surface area contributed by atoms with Gasteiger partial charge in [0.2, 0.25) is 6.56 Å². The molecule has 0 spiro atoms. The molecule has 6 heteroatoms. The Hall–Kier alpha value is 0.610. The van der Waals surface area contributed by atoms with Gasteiger partial charge in [-0.1, -0.05) is 134 Å². The zero-order valence-electron chi connectivity index (χ0n) is 23.5. The Morgan fingerprint density at radius 3 is 1.47 bits per heavy atom. The van der Waals surface area contributed by atoms with E-state index in [2.05, 4.69) is 50.0 Å². The molecule has 0 saturated carbocycles. The fourth-order valence-corrected chi connectivity index (χ4v) is 8.12. The second-order valence-electron chi connectivity index (χ2n) is 10.3. The molecule has 1 rings (SSSR count). The Labute approximate surface area is 242 Å². The summed E-state index contributed by atoms with van der Waals surface area (Å²) in [6, 6.07) is 8.22. The smallest absolute Gasteiger partial charge is 0.227 e. The average molecular weight is 594 g/mol. The third-order valence-corrected chi connectivity index (χ3v) is 10.8. The van der Waals surface area contributed by atoms with Crippen LogP contribution < -0.4 is 0 Å². The summed E-state index contributed by atoms with van der Waals surface area (Å²) in [7, 11) is -1.95. The van der Waals surface area contributed by atoms with Gasteiger partial charge in [-0.15, -0.1) is 0 Å². The van der Waals surface area contributed by atoms with Crippen LogP contribution in [0.4, 0.5) is 0 Å². The van der Waals surface area contributed by atoms with Crippen molar-refractivity contribution in [1.29, 1.82) is 0 Å². The Kier molecular flexibility index (Phi) is 27.6. The summed E-state index contributed by atoms with van der Waals surface area (Å²) >= 11 is 14.2. The van der Waals surface area contributed by atoms with Crippen LogP contribution in [0.2, 0.25) is 5.02 Å². The summed E-state index contributed by atoms with van der Waals surface area (Å²) in [4.78, 5) is 0. The molecule has 36 heavy (non-hydrogen) atoms. The largest absolute Gasteiger partial charge is 0.324 e. The van der Waals surface area contributed by atoms with Crippen LogP contribution in [0, 0.1) is 0 Å². The third-order valence-electron chi connectivity index (χ3n) is 7.06. The van der Waals surface area contributed by atoms with Gasteiger partial charge in [-0.3, -0.25) is 0 Å². The first-order valence-electron chi connectivity index (χ1n) is 14.8. The summed E-state index contributed by atoms with van der Waals surface area (Å²) in [5.41, 5.74) is 1.28. The lowest BCUT2D eigenvalue weighted by atomic mass is 10.1. The van der Waals surface area contributed by atoms with Gasteiger partial charge in [0, 0.05) is 23.5 Å². The first-order valence-corrected chi connectivity index (χ1v) is 20.9. The number of hydrogen-bond donors (Lipinski definition) is 1. The lowest BCUT2D eigenvalue weighted by Gasteiger charge is -2.18. The minimum atomic E-state index is -1.95. The van der Waals surface area contributed by atoms with Crippen LogP contribution in [-0.2, 0) is 22.8 Å². The van der Waals surface area contributed by atoms with Gasteiger partial charge in [-0.2, -0.15) is 0 Å². The summed E-state index contributed by atoms with van der Waals surface area (Å²) in [6.45, 7) is 4.90. The number of aryl methyl sites for hydroxylation is 1. The van der Waals surface area contributed by atoms with Gasteiger partial charge < -0.3 is 4.57 Å². The molecule has 1 atom stereocenters. The van der Waals surface area contributed by atoms with Gasteiger partial charge in [-0.25, -0.2) is 0 Å². The maximum atomic E-state index is 13.7. The number of thiol groups is 1. The molecule has 0 N–H and O–H groups in total. The molecule has 0 aliphatic carbocycles. The Balaban J connectivity index is 0.00000387. The van der Waals surface area contributed by atoms with Crippen LogP contribution in [0.3, 0.4) is 0 Å². The molecule has 1 nitrogen and oxygen atoms in total. The lowest BCUT2D eigenvalue weighted by molar-refractivity contribution is 0.555. The standard InChI is InChI=1S/C30H54ClOP.HPS2/c1-3-5-7-9-14-20-26-33(32,27-21-15-10-8-6-4-2)28-22-16-12-11-13-17-23-29-24-18-19-25-30(29)31;2-1-3/h18-19,24-25H,3-17,20-23,26-28H2,1-2H3;(H,2,3)/p+1. The summed E-state index contributed by atoms with van der Waals surface area (Å²) in [5, 5.41) is 0.906. The monoisotopic (exact) mass is 593 g/mol. The van der Waals surface area contributed by atoms with Crippen molar-refractivity contribution in [3.8, 4) is 0 Å². The predicted octanol–water partition coefficient (Wildman–Crippen LogP) is 12.3. The van der Waals surface area contributed by atoms with Crippen molar-refractivity contribution in [3.05, 3.63) is 34.9 Å². The molecule has 0 heterocycles. The topological polar surface area (TPSA) is 17.1 Å². The van der Waals surface area contributed by atoms with Crippen molar-refractivity contribution >= 4 is 49.4 Å². The van der Waals surface area contributed by atoms with E-state index in [1.165, 1.54) is 121 Å². The summed E-state index contributed by atoms with van der Waals surface area (Å²) in [5.74, 6) is 0. The van der Waals surface area contributed by atoms with Gasteiger partial charge in [0.1, 0.15) is 0 Å². The van der Waals surface area contributed by atoms with E-state index in [1.54, 1.807) is 0 Å². The first kappa shape index (κ1) is 36.6. The molecule has 0 amide bonds. The molecule has 0 aliphatic heterocycles. The van der Waals surface area contributed by atoms with E-state index >= 15 is 0 Å². The number of benzene rings is 1. The van der Waals surface area contributed by atoms with E-state index in [-0.39, 0.29) is 0 Å². The van der Waals surface area contributed by atoms with E-state index < -0.39 is 7.14 Å². The Morgan fingerprint density at radius 2 is 1.06 bits per heavy atom. The molecule has 1 unspecified atom stereocenters. The van der Waals surface area contributed by atoms with Crippen molar-refractivity contribution in [2.24, 2.45) is 0 Å². The molecule has 0 fully saturated rings. The Morgan fingerprint density at radius 1 is 0.694 bits per heavy atom. The van der Waals surface area contributed by atoms with Gasteiger partial charge in [0.05, 0.1) is 19.4 Å². The molecule has 1 aromatic rings. The molecule has 0 aromatic heterocycles. The molecule has 0 saturated heterocycles. The fourth-order valence-electron chi connectivity index (χ4n) is 4.82. The van der Waals surface area contributed by atoms with E-state index in [1.807, 2.05) is 12.1 Å². The van der Waals surface area contributed by atoms with E-state index in [4.69, 9.17) is 11.6 Å². The quantitative estimate of drug-likeness (QED) is 0.0772. The van der Waals surface area contributed by atoms with Crippen LogP contribution >= 0.6 is 37.5 Å². The van der Waals surface area contributed by atoms with E-state index in [0.717, 1.165) is 29.9 Å².